The fourth-order valence-corrected chi connectivity index (χ4v) is 22.0. The Morgan fingerprint density at radius 3 is 0.774 bits per heavy atom. The molecule has 29 aromatic rings. The van der Waals surface area contributed by atoms with E-state index in [1.807, 2.05) is 43.0 Å². The molecule has 29 rings (SSSR count). The van der Waals surface area contributed by atoms with Crippen molar-refractivity contribution in [3.05, 3.63) is 534 Å². The molecule has 0 amide bonds. The SMILES string of the molecule is c1cc(-c2cc(-c3ccc4ccccc4c3)nc3ccc(-c4cc5ccccc5c5ccccc45)cc23)cc(-c2cccc3cccnc23)c1.c1ccc2cc(-c3cc(-c4ccc(-c5cccc6cccnc56)cc4)c4cc(-c5cc6ccccc6c6ccccc56)ccc4n3)ccc2c1.c1cncc(-c2ccc(-c3cc(-c4ccc5ccccc5c4)nc4ccc(-c5cc6ccccc6c6ccccc56)cc34)cc2)c1. The second kappa shape index (κ2) is 36.7. The highest BCUT2D eigenvalue weighted by Gasteiger charge is 2.22. The molecule has 0 unspecified atom stereocenters. The van der Waals surface area contributed by atoms with Gasteiger partial charge >= 0.3 is 0 Å². The highest BCUT2D eigenvalue weighted by Crippen LogP contribution is 2.47. The lowest BCUT2D eigenvalue weighted by molar-refractivity contribution is 1.33. The van der Waals surface area contributed by atoms with E-state index in [1.54, 1.807) is 0 Å². The van der Waals surface area contributed by atoms with Gasteiger partial charge in [-0.05, 0) is 301 Å². The highest BCUT2D eigenvalue weighted by atomic mass is 14.7. The number of pyridine rings is 6. The van der Waals surface area contributed by atoms with Gasteiger partial charge in [-0.3, -0.25) is 15.0 Å². The molecule has 6 nitrogen and oxygen atoms in total. The molecule has 6 heteroatoms. The number of hydrogen-bond donors (Lipinski definition) is 0. The Morgan fingerprint density at radius 2 is 0.390 bits per heavy atom. The normalized spacial score (nSPS) is 11.6. The van der Waals surface area contributed by atoms with E-state index in [-0.39, 0.29) is 0 Å². The van der Waals surface area contributed by atoms with E-state index in [9.17, 15) is 0 Å². The molecular formula is C140H88N6. The summed E-state index contributed by atoms with van der Waals surface area (Å²) in [6.07, 6.45) is 7.47. The van der Waals surface area contributed by atoms with Gasteiger partial charge in [0.2, 0.25) is 0 Å². The van der Waals surface area contributed by atoms with Gasteiger partial charge in [0.05, 0.1) is 44.7 Å². The van der Waals surface area contributed by atoms with Crippen molar-refractivity contribution in [1.82, 2.24) is 29.9 Å². The van der Waals surface area contributed by atoms with Crippen molar-refractivity contribution in [2.75, 3.05) is 0 Å². The average molecular weight is 1850 g/mol. The monoisotopic (exact) mass is 1850 g/mol. The van der Waals surface area contributed by atoms with Gasteiger partial charge in [0.15, 0.2) is 0 Å². The van der Waals surface area contributed by atoms with Gasteiger partial charge in [-0.2, -0.15) is 0 Å². The summed E-state index contributed by atoms with van der Waals surface area (Å²) in [6.45, 7) is 0. The molecule has 6 aromatic heterocycles. The Balaban J connectivity index is 0.000000109. The van der Waals surface area contributed by atoms with Crippen LogP contribution in [0.15, 0.2) is 534 Å². The summed E-state index contributed by atoms with van der Waals surface area (Å²) >= 11 is 0. The molecule has 0 aliphatic carbocycles. The summed E-state index contributed by atoms with van der Waals surface area (Å²) in [4.78, 5) is 29.6. The van der Waals surface area contributed by atoms with Gasteiger partial charge in [0.1, 0.15) is 0 Å². The predicted octanol–water partition coefficient (Wildman–Crippen LogP) is 37.6. The number of para-hydroxylation sites is 2. The van der Waals surface area contributed by atoms with E-state index >= 15 is 0 Å². The summed E-state index contributed by atoms with van der Waals surface area (Å²) in [6, 6.07) is 183. The van der Waals surface area contributed by atoms with Crippen molar-refractivity contribution in [3.63, 3.8) is 0 Å². The van der Waals surface area contributed by atoms with Crippen molar-refractivity contribution in [2.45, 2.75) is 0 Å². The number of rotatable bonds is 12. The van der Waals surface area contributed by atoms with Crippen molar-refractivity contribution in [2.24, 2.45) is 0 Å². The molecule has 146 heavy (non-hydrogen) atoms. The van der Waals surface area contributed by atoms with Crippen LogP contribution in [0, 0.1) is 0 Å². The molecular weight excluding hydrogens is 1770 g/mol. The van der Waals surface area contributed by atoms with E-state index in [2.05, 4.69) is 496 Å². The van der Waals surface area contributed by atoms with Gasteiger partial charge in [-0.15, -0.1) is 0 Å². The lowest BCUT2D eigenvalue weighted by atomic mass is 9.90. The van der Waals surface area contributed by atoms with Gasteiger partial charge in [-0.25, -0.2) is 15.0 Å². The highest BCUT2D eigenvalue weighted by molar-refractivity contribution is 6.19. The van der Waals surface area contributed by atoms with Crippen LogP contribution in [0.5, 0.6) is 0 Å². The molecule has 678 valence electrons. The molecule has 0 aliphatic heterocycles. The molecule has 0 atom stereocenters. The zero-order valence-corrected chi connectivity index (χ0v) is 79.5. The van der Waals surface area contributed by atoms with Crippen molar-refractivity contribution >= 4 is 151 Å². The number of fused-ring (bicyclic) bond motifs is 17. The maximum Gasteiger partial charge on any atom is 0.0780 e. The van der Waals surface area contributed by atoms with Gasteiger partial charge in [0, 0.05) is 79.5 Å². The third-order valence-corrected chi connectivity index (χ3v) is 29.2. The predicted molar refractivity (Wildman–Crippen MR) is 616 cm³/mol. The molecule has 6 heterocycles. The second-order valence-corrected chi connectivity index (χ2v) is 37.9. The summed E-state index contributed by atoms with van der Waals surface area (Å²) in [5.41, 5.74) is 32.1. The lowest BCUT2D eigenvalue weighted by Gasteiger charge is -2.15. The van der Waals surface area contributed by atoms with Crippen LogP contribution in [0.25, 0.3) is 285 Å². The molecule has 0 radical (unpaired) electrons. The van der Waals surface area contributed by atoms with Crippen LogP contribution in [0.2, 0.25) is 0 Å². The smallest absolute Gasteiger partial charge is 0.0780 e. The number of aromatic nitrogens is 6. The Hall–Kier alpha value is -19.4. The Bertz CT molecular complexity index is 10300. The Morgan fingerprint density at radius 1 is 0.123 bits per heavy atom. The van der Waals surface area contributed by atoms with Crippen LogP contribution in [0.3, 0.4) is 0 Å². The standard InChI is InChI=1S/2C48H30N2.C44H28N2/c1-2-11-33-26-38(22-21-31(33)10-1)47-30-44(35-15-7-14-34(27-35)40-20-8-13-32-16-9-25-49-48(32)40)45-29-37(23-24-46(45)50-47)43-28-36-12-3-4-17-39(36)41-18-5-6-19-42(41)43;1-2-10-35-27-38(23-18-31(35)9-1)47-30-44(33-21-19-32(20-22-33)40-17-7-12-34-13-8-26-49-48(34)40)45-29-37(24-25-46(45)50-47)43-28-36-11-3-4-14-39(36)41-15-5-6-16-42(41)43;1-2-9-32-24-35(20-17-29(32)8-1)44-27-41(31-18-15-30(16-19-31)36-11-7-23-45-28-36)42-26-34(21-22-43(42)46-44)40-25-33-10-3-4-12-37(33)38-13-5-6-14-39(38)40/h2*1-30H;1-28H. The Labute approximate surface area is 843 Å². The number of nitrogens with zero attached hydrogens (tertiary/aromatic N) is 6. The van der Waals surface area contributed by atoms with E-state index in [0.717, 1.165) is 155 Å². The molecule has 23 aromatic carbocycles. The topological polar surface area (TPSA) is 77.3 Å². The molecule has 0 N–H and O–H groups in total. The van der Waals surface area contributed by atoms with Crippen molar-refractivity contribution < 1.29 is 0 Å². The number of hydrogen-bond acceptors (Lipinski definition) is 6. The first kappa shape index (κ1) is 85.8. The zero-order chi connectivity index (χ0) is 96.5. The fourth-order valence-electron chi connectivity index (χ4n) is 22.0. The zero-order valence-electron chi connectivity index (χ0n) is 79.5. The van der Waals surface area contributed by atoms with Crippen molar-refractivity contribution in [1.29, 1.82) is 0 Å². The van der Waals surface area contributed by atoms with Crippen LogP contribution in [-0.2, 0) is 0 Å². The first-order chi connectivity index (χ1) is 72.3. The summed E-state index contributed by atoms with van der Waals surface area (Å²) in [5, 5.41) is 28.1. The quantitative estimate of drug-likeness (QED) is 0.113. The van der Waals surface area contributed by atoms with Gasteiger partial charge in [0.25, 0.3) is 0 Å². The van der Waals surface area contributed by atoms with Crippen LogP contribution in [-0.4, -0.2) is 29.9 Å². The second-order valence-electron chi connectivity index (χ2n) is 37.9. The van der Waals surface area contributed by atoms with Gasteiger partial charge < -0.3 is 0 Å². The molecule has 0 saturated carbocycles. The maximum absolute atomic E-state index is 5.30. The van der Waals surface area contributed by atoms with Crippen molar-refractivity contribution in [3.8, 4) is 134 Å². The molecule has 0 bridgehead atoms. The van der Waals surface area contributed by atoms with Crippen LogP contribution in [0.1, 0.15) is 0 Å². The molecule has 0 aliphatic rings. The Kier molecular flexibility index (Phi) is 21.5. The van der Waals surface area contributed by atoms with Gasteiger partial charge in [-0.1, -0.05) is 394 Å². The van der Waals surface area contributed by atoms with E-state index < -0.39 is 0 Å². The fraction of sp³-hybridized carbons (Fsp3) is 0. The first-order valence-corrected chi connectivity index (χ1v) is 49.8. The van der Waals surface area contributed by atoms with E-state index in [4.69, 9.17) is 24.9 Å². The molecule has 0 spiro atoms. The third kappa shape index (κ3) is 15.9. The maximum atomic E-state index is 5.30. The molecule has 0 fully saturated rings. The lowest BCUT2D eigenvalue weighted by Crippen LogP contribution is -1.92. The minimum Gasteiger partial charge on any atom is -0.264 e. The molecule has 0 saturated heterocycles. The van der Waals surface area contributed by atoms with E-state index in [0.29, 0.717) is 0 Å². The van der Waals surface area contributed by atoms with Crippen LogP contribution >= 0.6 is 0 Å². The minimum absolute atomic E-state index is 0.958. The largest absolute Gasteiger partial charge is 0.264 e. The first-order valence-electron chi connectivity index (χ1n) is 49.8. The summed E-state index contributed by atoms with van der Waals surface area (Å²) < 4.78 is 0. The third-order valence-electron chi connectivity index (χ3n) is 29.2. The summed E-state index contributed by atoms with van der Waals surface area (Å²) in [7, 11) is 0. The van der Waals surface area contributed by atoms with Crippen LogP contribution in [0.4, 0.5) is 0 Å². The number of benzene rings is 23. The summed E-state index contributed by atoms with van der Waals surface area (Å²) in [5.74, 6) is 0. The average Bonchev–Trinajstić information content (AvgIpc) is 0.751. The van der Waals surface area contributed by atoms with Crippen LogP contribution < -0.4 is 0 Å². The van der Waals surface area contributed by atoms with E-state index in [1.165, 1.54) is 130 Å². The minimum atomic E-state index is 0.958.